The molecule has 4 rings (SSSR count). The Morgan fingerprint density at radius 2 is 1.71 bits per heavy atom. The number of aliphatic hydroxyl groups excluding tert-OH is 1. The molecule has 3 aromatic rings. The van der Waals surface area contributed by atoms with Gasteiger partial charge in [-0.05, 0) is 74.9 Å². The largest absolute Gasteiger partial charge is 0.507 e. The molecule has 1 aliphatic heterocycles. The summed E-state index contributed by atoms with van der Waals surface area (Å²) in [5.74, 6) is 0.0475. The van der Waals surface area contributed by atoms with Crippen LogP contribution in [0.4, 0.5) is 0 Å². The van der Waals surface area contributed by atoms with Crippen molar-refractivity contribution in [3.8, 4) is 11.5 Å². The number of benzene rings is 2. The van der Waals surface area contributed by atoms with Crippen LogP contribution in [0.15, 0.2) is 76.9 Å². The molecule has 7 heteroatoms. The van der Waals surface area contributed by atoms with Gasteiger partial charge >= 0.3 is 0 Å². The molecule has 1 saturated heterocycles. The third-order valence-electron chi connectivity index (χ3n) is 5.44. The summed E-state index contributed by atoms with van der Waals surface area (Å²) in [7, 11) is 0. The Labute approximate surface area is 198 Å². The molecular formula is C27H27NO6. The summed E-state index contributed by atoms with van der Waals surface area (Å²) in [4.78, 5) is 27.5. The van der Waals surface area contributed by atoms with Crippen molar-refractivity contribution < 1.29 is 28.6 Å². The predicted molar refractivity (Wildman–Crippen MR) is 126 cm³/mol. The van der Waals surface area contributed by atoms with E-state index in [1.54, 1.807) is 36.4 Å². The molecule has 0 bridgehead atoms. The fourth-order valence-corrected chi connectivity index (χ4v) is 3.96. The number of carbonyl (C=O) groups is 2. The first kappa shape index (κ1) is 23.2. The average molecular weight is 462 g/mol. The average Bonchev–Trinajstić information content (AvgIpc) is 3.43. The maximum atomic E-state index is 13.1. The first-order valence-corrected chi connectivity index (χ1v) is 11.2. The van der Waals surface area contributed by atoms with Crippen molar-refractivity contribution in [3.63, 3.8) is 0 Å². The summed E-state index contributed by atoms with van der Waals surface area (Å²) in [6, 6.07) is 16.6. The molecule has 0 radical (unpaired) electrons. The lowest BCUT2D eigenvalue weighted by Crippen LogP contribution is -2.29. The number of hydrogen-bond donors (Lipinski definition) is 1. The predicted octanol–water partition coefficient (Wildman–Crippen LogP) is 5.09. The molecule has 2 heterocycles. The Morgan fingerprint density at radius 3 is 2.29 bits per heavy atom. The van der Waals surface area contributed by atoms with Gasteiger partial charge in [-0.2, -0.15) is 0 Å². The molecule has 0 spiro atoms. The molecular weight excluding hydrogens is 434 g/mol. The highest BCUT2D eigenvalue weighted by molar-refractivity contribution is 6.46. The van der Waals surface area contributed by atoms with Crippen molar-refractivity contribution >= 4 is 17.4 Å². The minimum absolute atomic E-state index is 0.00586. The second kappa shape index (κ2) is 9.87. The molecule has 1 aromatic heterocycles. The maximum Gasteiger partial charge on any atom is 0.296 e. The van der Waals surface area contributed by atoms with Gasteiger partial charge in [0, 0.05) is 12.1 Å². The molecule has 1 aliphatic rings. The first-order valence-electron chi connectivity index (χ1n) is 11.2. The zero-order valence-corrected chi connectivity index (χ0v) is 19.4. The van der Waals surface area contributed by atoms with Crippen molar-refractivity contribution in [2.75, 3.05) is 6.61 Å². The summed E-state index contributed by atoms with van der Waals surface area (Å²) in [6.07, 6.45) is 1.48. The van der Waals surface area contributed by atoms with Crippen LogP contribution >= 0.6 is 0 Å². The number of hydrogen-bond acceptors (Lipinski definition) is 6. The van der Waals surface area contributed by atoms with Gasteiger partial charge in [0.1, 0.15) is 29.1 Å². The van der Waals surface area contributed by atoms with Crippen LogP contribution in [0, 0.1) is 0 Å². The molecule has 2 aromatic carbocycles. The van der Waals surface area contributed by atoms with Crippen molar-refractivity contribution in [1.29, 1.82) is 0 Å². The molecule has 1 atom stereocenters. The van der Waals surface area contributed by atoms with E-state index in [0.29, 0.717) is 23.7 Å². The Kier molecular flexibility index (Phi) is 6.72. The van der Waals surface area contributed by atoms with Crippen LogP contribution in [0.3, 0.4) is 0 Å². The highest BCUT2D eigenvalue weighted by Crippen LogP contribution is 2.40. The Morgan fingerprint density at radius 1 is 1.03 bits per heavy atom. The molecule has 7 nitrogen and oxygen atoms in total. The number of ether oxygens (including phenoxy) is 2. The van der Waals surface area contributed by atoms with Gasteiger partial charge in [0.25, 0.3) is 11.7 Å². The van der Waals surface area contributed by atoms with Gasteiger partial charge in [0.05, 0.1) is 24.5 Å². The zero-order chi connectivity index (χ0) is 24.2. The molecule has 0 aliphatic carbocycles. The highest BCUT2D eigenvalue weighted by Gasteiger charge is 2.47. The topological polar surface area (TPSA) is 89.2 Å². The van der Waals surface area contributed by atoms with Gasteiger partial charge in [0.15, 0.2) is 0 Å². The van der Waals surface area contributed by atoms with E-state index in [1.165, 1.54) is 11.2 Å². The van der Waals surface area contributed by atoms with E-state index < -0.39 is 17.7 Å². The number of rotatable bonds is 8. The lowest BCUT2D eigenvalue weighted by Gasteiger charge is -2.23. The summed E-state index contributed by atoms with van der Waals surface area (Å²) in [5.41, 5.74) is 1.22. The van der Waals surface area contributed by atoms with E-state index in [0.717, 1.165) is 11.3 Å². The van der Waals surface area contributed by atoms with Crippen LogP contribution in [0.5, 0.6) is 11.5 Å². The number of carbonyl (C=O) groups excluding carboxylic acids is 2. The minimum atomic E-state index is -0.854. The van der Waals surface area contributed by atoms with E-state index >= 15 is 0 Å². The number of ketones is 1. The molecule has 1 N–H and O–H groups in total. The second-order valence-electron chi connectivity index (χ2n) is 8.21. The van der Waals surface area contributed by atoms with Gasteiger partial charge in [-0.1, -0.05) is 12.1 Å². The van der Waals surface area contributed by atoms with Crippen LogP contribution < -0.4 is 9.47 Å². The number of amides is 1. The normalized spacial score (nSPS) is 17.4. The lowest BCUT2D eigenvalue weighted by molar-refractivity contribution is -0.140. The number of Topliss-reactive ketones (excluding diaryl/α,β-unsaturated/α-hetero) is 1. The fourth-order valence-electron chi connectivity index (χ4n) is 3.96. The van der Waals surface area contributed by atoms with Gasteiger partial charge in [-0.15, -0.1) is 0 Å². The second-order valence-corrected chi connectivity index (χ2v) is 8.21. The van der Waals surface area contributed by atoms with E-state index in [9.17, 15) is 14.7 Å². The van der Waals surface area contributed by atoms with Gasteiger partial charge < -0.3 is 23.9 Å². The molecule has 1 amide bonds. The van der Waals surface area contributed by atoms with Crippen molar-refractivity contribution in [2.45, 2.75) is 39.5 Å². The maximum absolute atomic E-state index is 13.1. The lowest BCUT2D eigenvalue weighted by atomic mass is 9.99. The standard InChI is InChI=1S/C27H27NO6/c1-4-32-20-11-7-18(8-12-20)16-28-24(22-6-5-15-33-22)23(26(30)27(28)31)25(29)19-9-13-21(14-10-19)34-17(2)3/h5-15,17,24,29H,4,16H2,1-3H3/b25-23-. The van der Waals surface area contributed by atoms with Crippen molar-refractivity contribution in [1.82, 2.24) is 4.90 Å². The zero-order valence-electron chi connectivity index (χ0n) is 19.4. The monoisotopic (exact) mass is 461 g/mol. The van der Waals surface area contributed by atoms with Crippen LogP contribution in [0.1, 0.15) is 43.7 Å². The van der Waals surface area contributed by atoms with Gasteiger partial charge in [-0.3, -0.25) is 9.59 Å². The van der Waals surface area contributed by atoms with Gasteiger partial charge in [0.2, 0.25) is 0 Å². The number of furan rings is 1. The van der Waals surface area contributed by atoms with E-state index in [4.69, 9.17) is 13.9 Å². The van der Waals surface area contributed by atoms with Gasteiger partial charge in [-0.25, -0.2) is 0 Å². The summed E-state index contributed by atoms with van der Waals surface area (Å²) in [5, 5.41) is 11.1. The number of aliphatic hydroxyl groups is 1. The Hall–Kier alpha value is -4.00. The summed E-state index contributed by atoms with van der Waals surface area (Å²) >= 11 is 0. The van der Waals surface area contributed by atoms with E-state index in [1.807, 2.05) is 45.0 Å². The van der Waals surface area contributed by atoms with E-state index in [2.05, 4.69) is 0 Å². The van der Waals surface area contributed by atoms with Crippen LogP contribution in [-0.4, -0.2) is 34.4 Å². The highest BCUT2D eigenvalue weighted by atomic mass is 16.5. The Balaban J connectivity index is 1.70. The quantitative estimate of drug-likeness (QED) is 0.286. The third kappa shape index (κ3) is 4.69. The van der Waals surface area contributed by atoms with Crippen molar-refractivity contribution in [3.05, 3.63) is 89.4 Å². The van der Waals surface area contributed by atoms with Crippen molar-refractivity contribution in [2.24, 2.45) is 0 Å². The molecule has 1 fully saturated rings. The molecule has 34 heavy (non-hydrogen) atoms. The number of likely N-dealkylation sites (tertiary alicyclic amines) is 1. The van der Waals surface area contributed by atoms with Crippen LogP contribution in [0.25, 0.3) is 5.76 Å². The molecule has 0 saturated carbocycles. The SMILES string of the molecule is CCOc1ccc(CN2C(=O)C(=O)/C(=C(\O)c3ccc(OC(C)C)cc3)C2c2ccco2)cc1. The first-order chi connectivity index (χ1) is 16.4. The van der Waals surface area contributed by atoms with E-state index in [-0.39, 0.29) is 24.0 Å². The molecule has 1 unspecified atom stereocenters. The smallest absolute Gasteiger partial charge is 0.296 e. The Bertz CT molecular complexity index is 1180. The molecule has 176 valence electrons. The van der Waals surface area contributed by atoms with Crippen LogP contribution in [-0.2, 0) is 16.1 Å². The third-order valence-corrected chi connectivity index (χ3v) is 5.44. The summed E-state index contributed by atoms with van der Waals surface area (Å²) < 4.78 is 16.7. The fraction of sp³-hybridized carbons (Fsp3) is 0.259. The minimum Gasteiger partial charge on any atom is -0.507 e. The summed E-state index contributed by atoms with van der Waals surface area (Å²) in [6.45, 7) is 6.46. The van der Waals surface area contributed by atoms with Crippen LogP contribution in [0.2, 0.25) is 0 Å². The number of nitrogens with zero attached hydrogens (tertiary/aromatic N) is 1.